The second-order valence-electron chi connectivity index (χ2n) is 6.36. The molecule has 0 heterocycles. The first-order valence-electron chi connectivity index (χ1n) is 8.00. The van der Waals surface area contributed by atoms with Crippen molar-refractivity contribution in [3.05, 3.63) is 69.8 Å². The molecule has 1 aliphatic rings. The van der Waals surface area contributed by atoms with Gasteiger partial charge in [-0.15, -0.1) is 0 Å². The van der Waals surface area contributed by atoms with Gasteiger partial charge in [0.25, 0.3) is 0 Å². The number of rotatable bonds is 4. The van der Waals surface area contributed by atoms with Gasteiger partial charge < -0.3 is 5.32 Å². The van der Waals surface area contributed by atoms with Crippen LogP contribution in [0.5, 0.6) is 0 Å². The van der Waals surface area contributed by atoms with E-state index in [1.807, 2.05) is 0 Å². The molecule has 0 spiro atoms. The Bertz CT molecular complexity index is 634. The summed E-state index contributed by atoms with van der Waals surface area (Å²) in [5.74, 6) is 0.612. The molecule has 0 aliphatic heterocycles. The van der Waals surface area contributed by atoms with Gasteiger partial charge in [-0.1, -0.05) is 48.9 Å². The fourth-order valence-electron chi connectivity index (χ4n) is 3.94. The summed E-state index contributed by atoms with van der Waals surface area (Å²) in [6.07, 6.45) is 1.20. The highest BCUT2D eigenvalue weighted by atomic mass is 14.9. The number of fused-ring (bicyclic) bond motifs is 1. The van der Waals surface area contributed by atoms with Gasteiger partial charge in [0, 0.05) is 12.0 Å². The topological polar surface area (TPSA) is 12.0 Å². The van der Waals surface area contributed by atoms with Gasteiger partial charge in [0.1, 0.15) is 0 Å². The molecule has 1 N–H and O–H groups in total. The Kier molecular flexibility index (Phi) is 3.86. The Morgan fingerprint density at radius 3 is 2.38 bits per heavy atom. The largest absolute Gasteiger partial charge is 0.310 e. The van der Waals surface area contributed by atoms with Crippen molar-refractivity contribution < 1.29 is 0 Å². The zero-order valence-electron chi connectivity index (χ0n) is 13.5. The lowest BCUT2D eigenvalue weighted by Crippen LogP contribution is -2.34. The van der Waals surface area contributed by atoms with Crippen molar-refractivity contribution >= 4 is 0 Å². The van der Waals surface area contributed by atoms with Gasteiger partial charge in [-0.2, -0.15) is 0 Å². The van der Waals surface area contributed by atoms with Crippen molar-refractivity contribution in [2.24, 2.45) is 0 Å². The predicted octanol–water partition coefficient (Wildman–Crippen LogP) is 4.60. The normalized spacial score (nSPS) is 18.0. The number of hydrogen-bond donors (Lipinski definition) is 1. The van der Waals surface area contributed by atoms with Gasteiger partial charge in [0.05, 0.1) is 0 Å². The van der Waals surface area contributed by atoms with E-state index >= 15 is 0 Å². The first-order valence-corrected chi connectivity index (χ1v) is 8.00. The van der Waals surface area contributed by atoms with Crippen LogP contribution in [0.3, 0.4) is 0 Å². The molecule has 2 aromatic rings. The summed E-state index contributed by atoms with van der Waals surface area (Å²) in [4.78, 5) is 0. The van der Waals surface area contributed by atoms with Crippen LogP contribution in [0.25, 0.3) is 0 Å². The van der Waals surface area contributed by atoms with Gasteiger partial charge in [-0.05, 0) is 61.6 Å². The molecule has 21 heavy (non-hydrogen) atoms. The van der Waals surface area contributed by atoms with Crippen molar-refractivity contribution in [2.45, 2.75) is 46.1 Å². The molecule has 1 heteroatoms. The molecule has 0 radical (unpaired) electrons. The third-order valence-electron chi connectivity index (χ3n) is 4.77. The summed E-state index contributed by atoms with van der Waals surface area (Å²) >= 11 is 0. The number of benzene rings is 2. The van der Waals surface area contributed by atoms with Crippen LogP contribution in [-0.2, 0) is 6.42 Å². The lowest BCUT2D eigenvalue weighted by atomic mass is 9.70. The van der Waals surface area contributed by atoms with Crippen molar-refractivity contribution in [2.75, 3.05) is 6.54 Å². The zero-order valence-corrected chi connectivity index (χ0v) is 13.5. The third kappa shape index (κ3) is 2.51. The minimum absolute atomic E-state index is 0.436. The van der Waals surface area contributed by atoms with E-state index < -0.39 is 0 Å². The fraction of sp³-hybridized carbons (Fsp3) is 0.400. The number of likely N-dealkylation sites (N-methyl/N-ethyl adjacent to an activating group) is 1. The van der Waals surface area contributed by atoms with E-state index in [0.29, 0.717) is 12.0 Å². The molecular formula is C20H25N. The van der Waals surface area contributed by atoms with E-state index in [2.05, 4.69) is 69.4 Å². The standard InChI is InChI=1S/C20H25N/c1-5-21-20(18-12-16-8-6-7-9-17(16)18)19-14(3)10-13(2)11-15(19)4/h6-11,18,20-21H,5,12H2,1-4H3. The minimum Gasteiger partial charge on any atom is -0.310 e. The van der Waals surface area contributed by atoms with Crippen LogP contribution < -0.4 is 5.32 Å². The van der Waals surface area contributed by atoms with Crippen LogP contribution >= 0.6 is 0 Å². The van der Waals surface area contributed by atoms with Crippen LogP contribution in [0.2, 0.25) is 0 Å². The van der Waals surface area contributed by atoms with Crippen molar-refractivity contribution in [3.8, 4) is 0 Å². The summed E-state index contributed by atoms with van der Waals surface area (Å²) in [5, 5.41) is 3.74. The third-order valence-corrected chi connectivity index (χ3v) is 4.77. The van der Waals surface area contributed by atoms with Gasteiger partial charge in [0.15, 0.2) is 0 Å². The van der Waals surface area contributed by atoms with Gasteiger partial charge in [0.2, 0.25) is 0 Å². The molecule has 0 saturated carbocycles. The molecule has 2 atom stereocenters. The van der Waals surface area contributed by atoms with Crippen LogP contribution in [0, 0.1) is 20.8 Å². The monoisotopic (exact) mass is 279 g/mol. The Hall–Kier alpha value is -1.60. The number of aryl methyl sites for hydroxylation is 3. The molecule has 0 bridgehead atoms. The van der Waals surface area contributed by atoms with Crippen LogP contribution in [0.15, 0.2) is 36.4 Å². The van der Waals surface area contributed by atoms with E-state index in [-0.39, 0.29) is 0 Å². The van der Waals surface area contributed by atoms with Gasteiger partial charge in [-0.3, -0.25) is 0 Å². The summed E-state index contributed by atoms with van der Waals surface area (Å²) < 4.78 is 0. The quantitative estimate of drug-likeness (QED) is 0.862. The number of hydrogen-bond acceptors (Lipinski definition) is 1. The molecule has 0 fully saturated rings. The highest BCUT2D eigenvalue weighted by molar-refractivity contribution is 5.47. The number of nitrogens with one attached hydrogen (secondary N) is 1. The van der Waals surface area contributed by atoms with E-state index in [1.165, 1.54) is 39.8 Å². The maximum atomic E-state index is 3.74. The molecular weight excluding hydrogens is 254 g/mol. The lowest BCUT2D eigenvalue weighted by Gasteiger charge is -2.38. The summed E-state index contributed by atoms with van der Waals surface area (Å²) in [5.41, 5.74) is 8.75. The molecule has 2 aromatic carbocycles. The van der Waals surface area contributed by atoms with Crippen LogP contribution in [-0.4, -0.2) is 6.54 Å². The molecule has 3 rings (SSSR count). The van der Waals surface area contributed by atoms with E-state index in [0.717, 1.165) is 6.54 Å². The second kappa shape index (κ2) is 5.65. The Balaban J connectivity index is 2.01. The fourth-order valence-corrected chi connectivity index (χ4v) is 3.94. The zero-order chi connectivity index (χ0) is 15.0. The Morgan fingerprint density at radius 1 is 1.10 bits per heavy atom. The maximum Gasteiger partial charge on any atom is 0.0398 e. The van der Waals surface area contributed by atoms with Crippen molar-refractivity contribution in [1.82, 2.24) is 5.32 Å². The molecule has 110 valence electrons. The summed E-state index contributed by atoms with van der Waals surface area (Å²) in [7, 11) is 0. The molecule has 0 amide bonds. The van der Waals surface area contributed by atoms with Gasteiger partial charge in [-0.25, -0.2) is 0 Å². The summed E-state index contributed by atoms with van der Waals surface area (Å²) in [6.45, 7) is 9.91. The molecule has 1 nitrogen and oxygen atoms in total. The Labute approximate surface area is 128 Å². The molecule has 1 aliphatic carbocycles. The lowest BCUT2D eigenvalue weighted by molar-refractivity contribution is 0.417. The smallest absolute Gasteiger partial charge is 0.0398 e. The van der Waals surface area contributed by atoms with E-state index in [1.54, 1.807) is 0 Å². The van der Waals surface area contributed by atoms with Crippen molar-refractivity contribution in [3.63, 3.8) is 0 Å². The van der Waals surface area contributed by atoms with Crippen LogP contribution in [0.1, 0.15) is 52.3 Å². The first kappa shape index (κ1) is 14.3. The SMILES string of the molecule is CCNC(c1c(C)cc(C)cc1C)C1Cc2ccccc21. The predicted molar refractivity (Wildman–Crippen MR) is 90.0 cm³/mol. The van der Waals surface area contributed by atoms with Gasteiger partial charge >= 0.3 is 0 Å². The molecule has 0 saturated heterocycles. The average molecular weight is 279 g/mol. The first-order chi connectivity index (χ1) is 10.1. The van der Waals surface area contributed by atoms with Crippen molar-refractivity contribution in [1.29, 1.82) is 0 Å². The van der Waals surface area contributed by atoms with E-state index in [4.69, 9.17) is 0 Å². The molecule has 0 aromatic heterocycles. The van der Waals surface area contributed by atoms with Crippen LogP contribution in [0.4, 0.5) is 0 Å². The average Bonchev–Trinajstić information content (AvgIpc) is 2.39. The summed E-state index contributed by atoms with van der Waals surface area (Å²) in [6, 6.07) is 14.0. The highest BCUT2D eigenvalue weighted by Gasteiger charge is 2.34. The maximum absolute atomic E-state index is 3.74. The minimum atomic E-state index is 0.436. The van der Waals surface area contributed by atoms with E-state index in [9.17, 15) is 0 Å². The Morgan fingerprint density at radius 2 is 1.76 bits per heavy atom. The molecule has 2 unspecified atom stereocenters. The second-order valence-corrected chi connectivity index (χ2v) is 6.36. The highest BCUT2D eigenvalue weighted by Crippen LogP contribution is 2.44.